The molecule has 2 amide bonds. The Morgan fingerprint density at radius 3 is 1.47 bits per heavy atom. The van der Waals surface area contributed by atoms with Crippen LogP contribution in [0.1, 0.15) is 58.8 Å². The van der Waals surface area contributed by atoms with Crippen LogP contribution in [-0.4, -0.2) is 22.9 Å². The van der Waals surface area contributed by atoms with E-state index in [1.165, 1.54) is 12.8 Å². The molecule has 3 aliphatic rings. The molecule has 3 fully saturated rings. The number of hydrogen-bond acceptors (Lipinski definition) is 2. The third kappa shape index (κ3) is 2.49. The molecule has 3 rings (SSSR count). The molecular formula is C15H24N2O2. The van der Waals surface area contributed by atoms with Crippen LogP contribution >= 0.6 is 0 Å². The largest absolute Gasteiger partial charge is 0.351 e. The van der Waals surface area contributed by atoms with Crippen LogP contribution in [0.15, 0.2) is 0 Å². The van der Waals surface area contributed by atoms with Gasteiger partial charge in [0.25, 0.3) is 0 Å². The molecule has 0 unspecified atom stereocenters. The summed E-state index contributed by atoms with van der Waals surface area (Å²) in [5.74, 6) is 0.00410. The molecule has 0 heterocycles. The first-order valence-corrected chi connectivity index (χ1v) is 7.55. The van der Waals surface area contributed by atoms with Gasteiger partial charge in [-0.2, -0.15) is 0 Å². The summed E-state index contributed by atoms with van der Waals surface area (Å²) < 4.78 is 0. The van der Waals surface area contributed by atoms with Crippen LogP contribution in [0.4, 0.5) is 0 Å². The van der Waals surface area contributed by atoms with E-state index in [1.54, 1.807) is 0 Å². The first-order chi connectivity index (χ1) is 8.91. The molecule has 3 saturated carbocycles. The monoisotopic (exact) mass is 264 g/mol. The topological polar surface area (TPSA) is 58.2 Å². The van der Waals surface area contributed by atoms with Crippen molar-refractivity contribution in [1.82, 2.24) is 10.6 Å². The summed E-state index contributed by atoms with van der Waals surface area (Å²) in [5, 5.41) is 6.22. The van der Waals surface area contributed by atoms with Crippen molar-refractivity contribution in [2.24, 2.45) is 11.8 Å². The lowest BCUT2D eigenvalue weighted by atomic mass is 9.78. The molecule has 2 atom stereocenters. The molecule has 2 N–H and O–H groups in total. The van der Waals surface area contributed by atoms with Crippen molar-refractivity contribution in [2.45, 2.75) is 69.9 Å². The second-order valence-electron chi connectivity index (χ2n) is 7.26. The van der Waals surface area contributed by atoms with Gasteiger partial charge in [0, 0.05) is 11.1 Å². The molecule has 4 heteroatoms. The van der Waals surface area contributed by atoms with E-state index in [4.69, 9.17) is 0 Å². The zero-order valence-electron chi connectivity index (χ0n) is 11.9. The first kappa shape index (κ1) is 12.9. The zero-order valence-corrected chi connectivity index (χ0v) is 11.9. The molecular weight excluding hydrogens is 240 g/mol. The Kier molecular flexibility index (Phi) is 2.88. The van der Waals surface area contributed by atoms with Gasteiger partial charge in [0.05, 0.1) is 11.8 Å². The van der Waals surface area contributed by atoms with Crippen LogP contribution in [0.3, 0.4) is 0 Å². The molecule has 0 spiro atoms. The average molecular weight is 264 g/mol. The minimum Gasteiger partial charge on any atom is -0.351 e. The summed E-state index contributed by atoms with van der Waals surface area (Å²) in [7, 11) is 0. The highest BCUT2D eigenvalue weighted by molar-refractivity contribution is 5.93. The molecule has 4 nitrogen and oxygen atoms in total. The Bertz CT molecular complexity index is 372. The minimum absolute atomic E-state index is 0.000646. The molecule has 3 aliphatic carbocycles. The van der Waals surface area contributed by atoms with Crippen LogP contribution in [0, 0.1) is 11.8 Å². The summed E-state index contributed by atoms with van der Waals surface area (Å²) in [6.07, 6.45) is 7.40. The summed E-state index contributed by atoms with van der Waals surface area (Å²) in [6.45, 7) is 4.20. The van der Waals surface area contributed by atoms with Crippen molar-refractivity contribution in [3.63, 3.8) is 0 Å². The maximum Gasteiger partial charge on any atom is 0.224 e. The number of carbonyl (C=O) groups is 2. The molecule has 0 saturated heterocycles. The van der Waals surface area contributed by atoms with E-state index in [-0.39, 0.29) is 34.7 Å². The predicted octanol–water partition coefficient (Wildman–Crippen LogP) is 1.74. The van der Waals surface area contributed by atoms with Crippen molar-refractivity contribution >= 4 is 11.8 Å². The van der Waals surface area contributed by atoms with Crippen molar-refractivity contribution in [3.8, 4) is 0 Å². The standard InChI is InChI=1S/C15H24N2O2/c1-14(5-3-6-14)16-12(18)10-9-11(10)13(19)17-15(2)7-4-8-15/h10-11H,3-9H2,1-2H3,(H,16,18)(H,17,19)/t10-,11+. The second-order valence-corrected chi connectivity index (χ2v) is 7.26. The molecule has 0 aromatic rings. The van der Waals surface area contributed by atoms with Crippen molar-refractivity contribution in [3.05, 3.63) is 0 Å². The maximum atomic E-state index is 12.1. The van der Waals surface area contributed by atoms with Gasteiger partial charge in [-0.05, 0) is 58.8 Å². The Balaban J connectivity index is 1.47. The Morgan fingerprint density at radius 1 is 0.842 bits per heavy atom. The van der Waals surface area contributed by atoms with Gasteiger partial charge in [-0.25, -0.2) is 0 Å². The fraction of sp³-hybridized carbons (Fsp3) is 0.867. The molecule has 0 aromatic carbocycles. The lowest BCUT2D eigenvalue weighted by molar-refractivity contribution is -0.130. The van der Waals surface area contributed by atoms with E-state index in [0.29, 0.717) is 0 Å². The van der Waals surface area contributed by atoms with Crippen LogP contribution in [0.25, 0.3) is 0 Å². The molecule has 0 aromatic heterocycles. The third-order valence-electron chi connectivity index (χ3n) is 5.23. The fourth-order valence-corrected chi connectivity index (χ4v) is 3.22. The molecule has 106 valence electrons. The van der Waals surface area contributed by atoms with Gasteiger partial charge in [0.2, 0.25) is 11.8 Å². The van der Waals surface area contributed by atoms with E-state index >= 15 is 0 Å². The summed E-state index contributed by atoms with van der Waals surface area (Å²) in [6, 6.07) is 0. The summed E-state index contributed by atoms with van der Waals surface area (Å²) in [5.41, 5.74) is 0.00129. The van der Waals surface area contributed by atoms with Gasteiger partial charge >= 0.3 is 0 Å². The van der Waals surface area contributed by atoms with Crippen LogP contribution in [0.2, 0.25) is 0 Å². The normalized spacial score (nSPS) is 33.6. The van der Waals surface area contributed by atoms with Crippen molar-refractivity contribution in [1.29, 1.82) is 0 Å². The van der Waals surface area contributed by atoms with Gasteiger partial charge in [0.15, 0.2) is 0 Å². The minimum atomic E-state index is -0.0823. The van der Waals surface area contributed by atoms with E-state index in [0.717, 1.165) is 32.1 Å². The smallest absolute Gasteiger partial charge is 0.224 e. The van der Waals surface area contributed by atoms with Crippen LogP contribution in [0.5, 0.6) is 0 Å². The van der Waals surface area contributed by atoms with Gasteiger partial charge in [0.1, 0.15) is 0 Å². The van der Waals surface area contributed by atoms with E-state index < -0.39 is 0 Å². The zero-order chi connectivity index (χ0) is 13.7. The average Bonchev–Trinajstić information content (AvgIpc) is 3.04. The van der Waals surface area contributed by atoms with Gasteiger partial charge < -0.3 is 10.6 Å². The molecule has 19 heavy (non-hydrogen) atoms. The van der Waals surface area contributed by atoms with Crippen molar-refractivity contribution < 1.29 is 9.59 Å². The highest BCUT2D eigenvalue weighted by atomic mass is 16.2. The molecule has 0 radical (unpaired) electrons. The van der Waals surface area contributed by atoms with E-state index in [9.17, 15) is 9.59 Å². The van der Waals surface area contributed by atoms with Crippen LogP contribution in [-0.2, 0) is 9.59 Å². The van der Waals surface area contributed by atoms with Crippen molar-refractivity contribution in [2.75, 3.05) is 0 Å². The Hall–Kier alpha value is -1.06. The summed E-state index contributed by atoms with van der Waals surface area (Å²) >= 11 is 0. The maximum absolute atomic E-state index is 12.1. The number of amides is 2. The Morgan fingerprint density at radius 2 is 1.21 bits per heavy atom. The number of carbonyl (C=O) groups excluding carboxylic acids is 2. The van der Waals surface area contributed by atoms with E-state index in [2.05, 4.69) is 24.5 Å². The predicted molar refractivity (Wildman–Crippen MR) is 72.4 cm³/mol. The van der Waals surface area contributed by atoms with E-state index in [1.807, 2.05) is 0 Å². The molecule has 0 bridgehead atoms. The fourth-order valence-electron chi connectivity index (χ4n) is 3.22. The lowest BCUT2D eigenvalue weighted by Crippen LogP contribution is -2.53. The van der Waals surface area contributed by atoms with Gasteiger partial charge in [-0.3, -0.25) is 9.59 Å². The number of nitrogens with one attached hydrogen (secondary N) is 2. The second kappa shape index (κ2) is 4.22. The lowest BCUT2D eigenvalue weighted by Gasteiger charge is -2.39. The quantitative estimate of drug-likeness (QED) is 0.812. The highest BCUT2D eigenvalue weighted by Gasteiger charge is 2.51. The Labute approximate surface area is 114 Å². The summed E-state index contributed by atoms with van der Waals surface area (Å²) in [4.78, 5) is 24.2. The highest BCUT2D eigenvalue weighted by Crippen LogP contribution is 2.42. The van der Waals surface area contributed by atoms with Crippen LogP contribution < -0.4 is 10.6 Å². The first-order valence-electron chi connectivity index (χ1n) is 7.55. The van der Waals surface area contributed by atoms with Gasteiger partial charge in [-0.15, -0.1) is 0 Å². The number of hydrogen-bond donors (Lipinski definition) is 2. The SMILES string of the molecule is CC1(NC(=O)[C@H]2C[C@H]2C(=O)NC2(C)CCC2)CCC1. The van der Waals surface area contributed by atoms with Gasteiger partial charge in [-0.1, -0.05) is 0 Å². The number of rotatable bonds is 4. The molecule has 0 aliphatic heterocycles. The third-order valence-corrected chi connectivity index (χ3v) is 5.23.